The van der Waals surface area contributed by atoms with Gasteiger partial charge < -0.3 is 10.4 Å². The van der Waals surface area contributed by atoms with E-state index in [-0.39, 0.29) is 0 Å². The third-order valence-electron chi connectivity index (χ3n) is 2.73. The maximum Gasteiger partial charge on any atom is 0.321 e. The minimum Gasteiger partial charge on any atom is -0.480 e. The highest BCUT2D eigenvalue weighted by Crippen LogP contribution is 2.07. The van der Waals surface area contributed by atoms with Crippen LogP contribution in [-0.4, -0.2) is 53.6 Å². The maximum atomic E-state index is 11.7. The van der Waals surface area contributed by atoms with Crippen LogP contribution in [0.2, 0.25) is 0 Å². The number of hydrogen-bond acceptors (Lipinski definition) is 4. The summed E-state index contributed by atoms with van der Waals surface area (Å²) in [6.45, 7) is 5.43. The zero-order valence-corrected chi connectivity index (χ0v) is 11.2. The third kappa shape index (κ3) is 4.70. The fourth-order valence-electron chi connectivity index (χ4n) is 1.51. The summed E-state index contributed by atoms with van der Waals surface area (Å²) in [6, 6.07) is -2.03. The molecule has 104 valence electrons. The summed E-state index contributed by atoms with van der Waals surface area (Å²) in [5.41, 5.74) is 0. The van der Waals surface area contributed by atoms with E-state index in [1.807, 2.05) is 0 Å². The highest BCUT2D eigenvalue weighted by Gasteiger charge is 2.28. The van der Waals surface area contributed by atoms with Crippen molar-refractivity contribution >= 4 is 17.9 Å². The topological polar surface area (TPSA) is 98.7 Å². The normalized spacial score (nSPS) is 13.8. The lowest BCUT2D eigenvalue weighted by Gasteiger charge is -2.28. The Balaban J connectivity index is 4.53. The average molecular weight is 259 g/mol. The summed E-state index contributed by atoms with van der Waals surface area (Å²) in [5.74, 6) is -1.51. The largest absolute Gasteiger partial charge is 0.480 e. The molecule has 7 heteroatoms. The molecule has 0 fully saturated rings. The van der Waals surface area contributed by atoms with E-state index < -0.39 is 30.0 Å². The molecule has 0 saturated heterocycles. The van der Waals surface area contributed by atoms with Gasteiger partial charge in [0.05, 0.1) is 6.04 Å². The molecule has 0 radical (unpaired) electrons. The average Bonchev–Trinajstić information content (AvgIpc) is 2.28. The first-order chi connectivity index (χ1) is 8.34. The van der Waals surface area contributed by atoms with Gasteiger partial charge in [-0.1, -0.05) is 6.92 Å². The van der Waals surface area contributed by atoms with Gasteiger partial charge in [-0.25, -0.2) is 4.79 Å². The van der Waals surface area contributed by atoms with E-state index in [2.05, 4.69) is 10.6 Å². The second-order valence-electron chi connectivity index (χ2n) is 3.95. The first kappa shape index (κ1) is 16.4. The fraction of sp³-hybridized carbons (Fsp3) is 0.727. The molecule has 0 spiro atoms. The zero-order chi connectivity index (χ0) is 14.3. The van der Waals surface area contributed by atoms with Crippen LogP contribution < -0.4 is 10.6 Å². The Labute approximate surface area is 107 Å². The van der Waals surface area contributed by atoms with Gasteiger partial charge in [-0.05, 0) is 27.3 Å². The third-order valence-corrected chi connectivity index (χ3v) is 2.73. The minimum absolute atomic E-state index is 0.380. The van der Waals surface area contributed by atoms with Crippen molar-refractivity contribution in [3.05, 3.63) is 0 Å². The van der Waals surface area contributed by atoms with Gasteiger partial charge >= 0.3 is 12.0 Å². The van der Waals surface area contributed by atoms with Crippen LogP contribution in [0.1, 0.15) is 27.2 Å². The van der Waals surface area contributed by atoms with Gasteiger partial charge in [0.25, 0.3) is 0 Å². The van der Waals surface area contributed by atoms with Crippen molar-refractivity contribution in [3.8, 4) is 0 Å². The first-order valence-corrected chi connectivity index (χ1v) is 5.88. The van der Waals surface area contributed by atoms with Gasteiger partial charge in [-0.3, -0.25) is 19.8 Å². The second kappa shape index (κ2) is 7.65. The lowest BCUT2D eigenvalue weighted by molar-refractivity contribution is -0.144. The molecule has 3 N–H and O–H groups in total. The molecule has 3 amide bonds. The fourth-order valence-corrected chi connectivity index (χ4v) is 1.51. The van der Waals surface area contributed by atoms with Gasteiger partial charge in [0.1, 0.15) is 6.04 Å². The molecule has 0 bridgehead atoms. The number of likely N-dealkylation sites (N-methyl/N-ethyl adjacent to an activating group) is 1. The van der Waals surface area contributed by atoms with Crippen LogP contribution in [-0.2, 0) is 9.59 Å². The number of carboxylic acid groups (broad SMARTS) is 1. The number of urea groups is 1. The van der Waals surface area contributed by atoms with Crippen LogP contribution in [0.3, 0.4) is 0 Å². The van der Waals surface area contributed by atoms with Crippen molar-refractivity contribution in [2.24, 2.45) is 0 Å². The van der Waals surface area contributed by atoms with Crippen molar-refractivity contribution < 1.29 is 19.5 Å². The van der Waals surface area contributed by atoms with Crippen molar-refractivity contribution in [2.45, 2.75) is 39.3 Å². The number of nitrogens with one attached hydrogen (secondary N) is 2. The van der Waals surface area contributed by atoms with Crippen molar-refractivity contribution in [1.82, 2.24) is 15.5 Å². The Bertz CT molecular complexity index is 319. The molecule has 0 aliphatic rings. The van der Waals surface area contributed by atoms with Gasteiger partial charge in [0.15, 0.2) is 0 Å². The van der Waals surface area contributed by atoms with Gasteiger partial charge in [-0.15, -0.1) is 0 Å². The Morgan fingerprint density at radius 2 is 1.83 bits per heavy atom. The van der Waals surface area contributed by atoms with Crippen molar-refractivity contribution in [1.29, 1.82) is 0 Å². The predicted octanol–water partition coefficient (Wildman–Crippen LogP) is 0.0156. The quantitative estimate of drug-likeness (QED) is 0.624. The van der Waals surface area contributed by atoms with E-state index in [9.17, 15) is 14.4 Å². The summed E-state index contributed by atoms with van der Waals surface area (Å²) in [5, 5.41) is 13.6. The monoisotopic (exact) mass is 259 g/mol. The number of aliphatic carboxylic acids is 1. The Kier molecular flexibility index (Phi) is 6.96. The van der Waals surface area contributed by atoms with Gasteiger partial charge in [0.2, 0.25) is 5.91 Å². The SMILES string of the molecule is CCNC(=O)NC(=O)C(C)N(C)C(CC)C(=O)O. The number of carbonyl (C=O) groups is 3. The zero-order valence-electron chi connectivity index (χ0n) is 11.2. The molecule has 0 aliphatic carbocycles. The Morgan fingerprint density at radius 3 is 2.22 bits per heavy atom. The van der Waals surface area contributed by atoms with Crippen LogP contribution in [0.5, 0.6) is 0 Å². The molecule has 0 aliphatic heterocycles. The van der Waals surface area contributed by atoms with E-state index in [0.29, 0.717) is 13.0 Å². The Hall–Kier alpha value is -1.63. The van der Waals surface area contributed by atoms with Crippen LogP contribution in [0.4, 0.5) is 4.79 Å². The first-order valence-electron chi connectivity index (χ1n) is 5.88. The highest BCUT2D eigenvalue weighted by atomic mass is 16.4. The summed E-state index contributed by atoms with van der Waals surface area (Å²) in [6.07, 6.45) is 0.380. The standard InChI is InChI=1S/C11H21N3O4/c1-5-8(10(16)17)14(4)7(3)9(15)13-11(18)12-6-2/h7-8H,5-6H2,1-4H3,(H,16,17)(H2,12,13,15,18). The molecular weight excluding hydrogens is 238 g/mol. The summed E-state index contributed by atoms with van der Waals surface area (Å²) in [4.78, 5) is 35.3. The number of imide groups is 1. The van der Waals surface area contributed by atoms with E-state index in [1.54, 1.807) is 27.8 Å². The molecule has 2 atom stereocenters. The molecule has 0 rings (SSSR count). The molecule has 2 unspecified atom stereocenters. The molecular formula is C11H21N3O4. The molecule has 0 aromatic heterocycles. The molecule has 0 aromatic carbocycles. The van der Waals surface area contributed by atoms with Crippen LogP contribution in [0.15, 0.2) is 0 Å². The van der Waals surface area contributed by atoms with Gasteiger partial charge in [-0.2, -0.15) is 0 Å². The number of carboxylic acids is 1. The maximum absolute atomic E-state index is 11.7. The lowest BCUT2D eigenvalue weighted by Crippen LogP contribution is -2.52. The Morgan fingerprint density at radius 1 is 1.28 bits per heavy atom. The van der Waals surface area contributed by atoms with E-state index in [0.717, 1.165) is 0 Å². The van der Waals surface area contributed by atoms with Crippen molar-refractivity contribution in [2.75, 3.05) is 13.6 Å². The van der Waals surface area contributed by atoms with Crippen LogP contribution in [0, 0.1) is 0 Å². The van der Waals surface area contributed by atoms with Gasteiger partial charge in [0, 0.05) is 6.54 Å². The molecule has 0 saturated carbocycles. The van der Waals surface area contributed by atoms with Crippen LogP contribution in [0.25, 0.3) is 0 Å². The van der Waals surface area contributed by atoms with E-state index in [1.165, 1.54) is 4.90 Å². The van der Waals surface area contributed by atoms with E-state index >= 15 is 0 Å². The predicted molar refractivity (Wildman–Crippen MR) is 66.2 cm³/mol. The number of rotatable bonds is 6. The second-order valence-corrected chi connectivity index (χ2v) is 3.95. The number of nitrogens with zero attached hydrogens (tertiary/aromatic N) is 1. The number of hydrogen-bond donors (Lipinski definition) is 3. The molecule has 18 heavy (non-hydrogen) atoms. The highest BCUT2D eigenvalue weighted by molar-refractivity contribution is 5.97. The lowest BCUT2D eigenvalue weighted by atomic mass is 10.1. The van der Waals surface area contributed by atoms with Crippen LogP contribution >= 0.6 is 0 Å². The molecule has 0 heterocycles. The van der Waals surface area contributed by atoms with E-state index in [4.69, 9.17) is 5.11 Å². The summed E-state index contributed by atoms with van der Waals surface area (Å²) < 4.78 is 0. The minimum atomic E-state index is -0.988. The number of amides is 3. The molecule has 0 aromatic rings. The summed E-state index contributed by atoms with van der Waals surface area (Å²) in [7, 11) is 1.55. The number of carbonyl (C=O) groups excluding carboxylic acids is 2. The molecule has 7 nitrogen and oxygen atoms in total. The summed E-state index contributed by atoms with van der Waals surface area (Å²) >= 11 is 0. The van der Waals surface area contributed by atoms with Crippen molar-refractivity contribution in [3.63, 3.8) is 0 Å². The smallest absolute Gasteiger partial charge is 0.321 e.